The molecule has 5 nitrogen and oxygen atoms in total. The molecule has 0 aromatic heterocycles. The highest BCUT2D eigenvalue weighted by atomic mass is 35.5. The van der Waals surface area contributed by atoms with Crippen molar-refractivity contribution in [2.45, 2.75) is 6.42 Å². The van der Waals surface area contributed by atoms with Crippen LogP contribution in [-0.2, 0) is 16.0 Å². The first-order chi connectivity index (χ1) is 13.4. The van der Waals surface area contributed by atoms with Gasteiger partial charge in [-0.25, -0.2) is 0 Å². The third-order valence-electron chi connectivity index (χ3n) is 3.98. The van der Waals surface area contributed by atoms with E-state index in [1.54, 1.807) is 24.3 Å². The van der Waals surface area contributed by atoms with Gasteiger partial charge in [-0.3, -0.25) is 19.3 Å². The van der Waals surface area contributed by atoms with E-state index in [9.17, 15) is 14.4 Å². The molecular weight excluding hydrogens is 419 g/mol. The van der Waals surface area contributed by atoms with Crippen molar-refractivity contribution in [2.24, 2.45) is 0 Å². The maximum atomic E-state index is 12.4. The minimum atomic E-state index is -0.349. The Morgan fingerprint density at radius 3 is 2.54 bits per heavy atom. The number of thioether (sulfide) groups is 1. The summed E-state index contributed by atoms with van der Waals surface area (Å²) in [5, 5.41) is 3.18. The van der Waals surface area contributed by atoms with Gasteiger partial charge in [0.05, 0.1) is 21.4 Å². The molecule has 1 fully saturated rings. The normalized spacial score (nSPS) is 15.4. The number of benzene rings is 2. The van der Waals surface area contributed by atoms with Crippen LogP contribution in [0, 0.1) is 0 Å². The zero-order valence-corrected chi connectivity index (χ0v) is 17.0. The molecule has 8 heteroatoms. The Labute approximate surface area is 176 Å². The molecule has 28 heavy (non-hydrogen) atoms. The minimum absolute atomic E-state index is 0.115. The maximum absolute atomic E-state index is 12.4. The highest BCUT2D eigenvalue weighted by Gasteiger charge is 2.34. The first-order valence-electron chi connectivity index (χ1n) is 8.45. The molecular formula is C20H16Cl2N2O3S. The van der Waals surface area contributed by atoms with Gasteiger partial charge in [-0.15, -0.1) is 0 Å². The fraction of sp³-hybridized carbons (Fsp3) is 0.150. The van der Waals surface area contributed by atoms with E-state index in [-0.39, 0.29) is 36.6 Å². The molecule has 2 aromatic rings. The fourth-order valence-electron chi connectivity index (χ4n) is 2.60. The van der Waals surface area contributed by atoms with Crippen LogP contribution >= 0.6 is 35.0 Å². The summed E-state index contributed by atoms with van der Waals surface area (Å²) in [5.41, 5.74) is 1.58. The summed E-state index contributed by atoms with van der Waals surface area (Å²) in [6.07, 6.45) is 1.82. The van der Waals surface area contributed by atoms with Crippen LogP contribution in [0.4, 0.5) is 4.79 Å². The smallest absolute Gasteiger partial charge is 0.293 e. The van der Waals surface area contributed by atoms with Gasteiger partial charge in [-0.05, 0) is 41.1 Å². The van der Waals surface area contributed by atoms with E-state index >= 15 is 0 Å². The average molecular weight is 435 g/mol. The Balaban J connectivity index is 1.52. The lowest BCUT2D eigenvalue weighted by atomic mass is 10.1. The summed E-state index contributed by atoms with van der Waals surface area (Å²) < 4.78 is 0. The van der Waals surface area contributed by atoms with Crippen LogP contribution in [0.3, 0.4) is 0 Å². The van der Waals surface area contributed by atoms with Crippen LogP contribution < -0.4 is 5.32 Å². The first kappa shape index (κ1) is 20.5. The Kier molecular flexibility index (Phi) is 6.78. The number of nitrogens with zero attached hydrogens (tertiary/aromatic N) is 1. The number of carbonyl (C=O) groups is 3. The number of carbonyl (C=O) groups excluding carboxylic acids is 3. The van der Waals surface area contributed by atoms with Crippen molar-refractivity contribution < 1.29 is 14.4 Å². The molecule has 0 saturated carbocycles. The van der Waals surface area contributed by atoms with Gasteiger partial charge in [0, 0.05) is 13.1 Å². The topological polar surface area (TPSA) is 66.5 Å². The van der Waals surface area contributed by atoms with Crippen molar-refractivity contribution in [1.82, 2.24) is 10.2 Å². The van der Waals surface area contributed by atoms with Gasteiger partial charge in [0.1, 0.15) is 0 Å². The van der Waals surface area contributed by atoms with Crippen LogP contribution in [0.1, 0.15) is 11.1 Å². The SMILES string of the molecule is O=C(Cc1ccc(Cl)c(Cl)c1)NCCN1C(=O)SC(=Cc2ccccc2)C1=O. The fourth-order valence-corrected chi connectivity index (χ4v) is 3.78. The van der Waals surface area contributed by atoms with Gasteiger partial charge in [0.25, 0.3) is 11.1 Å². The predicted molar refractivity (Wildman–Crippen MR) is 112 cm³/mol. The molecule has 0 spiro atoms. The molecule has 1 heterocycles. The van der Waals surface area contributed by atoms with Gasteiger partial charge in [-0.2, -0.15) is 0 Å². The Morgan fingerprint density at radius 1 is 1.07 bits per heavy atom. The second-order valence-corrected chi connectivity index (χ2v) is 7.83. The summed E-state index contributed by atoms with van der Waals surface area (Å²) in [4.78, 5) is 38.1. The van der Waals surface area contributed by atoms with E-state index in [0.29, 0.717) is 15.0 Å². The third kappa shape index (κ3) is 5.16. The largest absolute Gasteiger partial charge is 0.354 e. The standard InChI is InChI=1S/C20H16Cl2N2O3S/c21-15-7-6-14(10-16(15)22)12-18(25)23-8-9-24-19(26)17(28-20(24)27)11-13-4-2-1-3-5-13/h1-7,10-11H,8-9,12H2,(H,23,25). The van der Waals surface area contributed by atoms with Crippen molar-refractivity contribution in [3.05, 3.63) is 74.6 Å². The summed E-state index contributed by atoms with van der Waals surface area (Å²) in [6.45, 7) is 0.292. The molecule has 3 amide bonds. The second kappa shape index (κ2) is 9.28. The number of nitrogens with one attached hydrogen (secondary N) is 1. The highest BCUT2D eigenvalue weighted by molar-refractivity contribution is 8.18. The van der Waals surface area contributed by atoms with Gasteiger partial charge in [0.15, 0.2) is 0 Å². The van der Waals surface area contributed by atoms with Gasteiger partial charge in [0.2, 0.25) is 5.91 Å². The molecule has 1 aliphatic rings. The number of hydrogen-bond acceptors (Lipinski definition) is 4. The van der Waals surface area contributed by atoms with Crippen molar-refractivity contribution >= 4 is 58.1 Å². The van der Waals surface area contributed by atoms with Crippen molar-refractivity contribution in [3.63, 3.8) is 0 Å². The average Bonchev–Trinajstić information content (AvgIpc) is 2.93. The Morgan fingerprint density at radius 2 is 1.82 bits per heavy atom. The molecule has 144 valence electrons. The number of imide groups is 1. The number of amides is 3. The lowest BCUT2D eigenvalue weighted by molar-refractivity contribution is -0.124. The molecule has 1 saturated heterocycles. The van der Waals surface area contributed by atoms with E-state index in [1.807, 2.05) is 30.3 Å². The van der Waals surface area contributed by atoms with Crippen LogP contribution in [0.5, 0.6) is 0 Å². The molecule has 3 rings (SSSR count). The summed E-state index contributed by atoms with van der Waals surface area (Å²) >= 11 is 12.7. The lowest BCUT2D eigenvalue weighted by Crippen LogP contribution is -2.37. The van der Waals surface area contributed by atoms with Crippen molar-refractivity contribution in [3.8, 4) is 0 Å². The summed E-state index contributed by atoms with van der Waals surface area (Å²) in [7, 11) is 0. The van der Waals surface area contributed by atoms with E-state index < -0.39 is 0 Å². The number of hydrogen-bond donors (Lipinski definition) is 1. The molecule has 1 aliphatic heterocycles. The number of halogens is 2. The molecule has 2 aromatic carbocycles. The monoisotopic (exact) mass is 434 g/mol. The Hall–Kier alpha value is -2.28. The van der Waals surface area contributed by atoms with Crippen LogP contribution in [0.25, 0.3) is 6.08 Å². The van der Waals surface area contributed by atoms with Gasteiger partial charge < -0.3 is 5.32 Å². The summed E-state index contributed by atoms with van der Waals surface area (Å²) in [6, 6.07) is 14.3. The maximum Gasteiger partial charge on any atom is 0.293 e. The van der Waals surface area contributed by atoms with Gasteiger partial charge in [-0.1, -0.05) is 59.6 Å². The second-order valence-electron chi connectivity index (χ2n) is 6.02. The first-order valence-corrected chi connectivity index (χ1v) is 10.0. The molecule has 0 bridgehead atoms. The Bertz CT molecular complexity index is 948. The van der Waals surface area contributed by atoms with E-state index in [1.165, 1.54) is 0 Å². The van der Waals surface area contributed by atoms with E-state index in [0.717, 1.165) is 27.8 Å². The van der Waals surface area contributed by atoms with Crippen LogP contribution in [-0.4, -0.2) is 35.0 Å². The zero-order chi connectivity index (χ0) is 20.1. The zero-order valence-electron chi connectivity index (χ0n) is 14.7. The van der Waals surface area contributed by atoms with Gasteiger partial charge >= 0.3 is 0 Å². The molecule has 0 aliphatic carbocycles. The van der Waals surface area contributed by atoms with Crippen molar-refractivity contribution in [2.75, 3.05) is 13.1 Å². The summed E-state index contributed by atoms with van der Waals surface area (Å²) in [5.74, 6) is -0.581. The molecule has 0 atom stereocenters. The minimum Gasteiger partial charge on any atom is -0.354 e. The lowest BCUT2D eigenvalue weighted by Gasteiger charge is -2.13. The van der Waals surface area contributed by atoms with Crippen LogP contribution in [0.2, 0.25) is 10.0 Å². The molecule has 0 unspecified atom stereocenters. The third-order valence-corrected chi connectivity index (χ3v) is 5.62. The van der Waals surface area contributed by atoms with Crippen molar-refractivity contribution in [1.29, 1.82) is 0 Å². The predicted octanol–water partition coefficient (Wildman–Crippen LogP) is 4.39. The molecule has 0 radical (unpaired) electrons. The van der Waals surface area contributed by atoms with Crippen LogP contribution in [0.15, 0.2) is 53.4 Å². The highest BCUT2D eigenvalue weighted by Crippen LogP contribution is 2.31. The number of rotatable bonds is 6. The van der Waals surface area contributed by atoms with E-state index in [4.69, 9.17) is 23.2 Å². The van der Waals surface area contributed by atoms with E-state index in [2.05, 4.69) is 5.32 Å². The quantitative estimate of drug-likeness (QED) is 0.684. The molecule has 1 N–H and O–H groups in total.